The number of rotatable bonds is 3. The second-order valence-corrected chi connectivity index (χ2v) is 5.26. The van der Waals surface area contributed by atoms with Crippen LogP contribution in [0.5, 0.6) is 0 Å². The Morgan fingerprint density at radius 2 is 1.75 bits per heavy atom. The van der Waals surface area contributed by atoms with Crippen molar-refractivity contribution in [2.24, 2.45) is 10.8 Å². The molecule has 0 bridgehead atoms. The van der Waals surface area contributed by atoms with Gasteiger partial charge in [-0.1, -0.05) is 32.9 Å². The molecule has 0 aromatic carbocycles. The number of ketones is 1. The first kappa shape index (κ1) is 12.9. The van der Waals surface area contributed by atoms with Crippen molar-refractivity contribution in [2.75, 3.05) is 6.61 Å². The molecule has 3 heteroatoms. The standard InChI is InChI=1S/C13H20O3/c1-5-16-11(15)13(8-6-7-9-13)10(14)12(2,3)4/h6-7H,5,8-9H2,1-4H3. The van der Waals surface area contributed by atoms with Gasteiger partial charge in [0.15, 0.2) is 5.78 Å². The molecule has 0 aromatic heterocycles. The van der Waals surface area contributed by atoms with Gasteiger partial charge in [-0.05, 0) is 19.8 Å². The topological polar surface area (TPSA) is 43.4 Å². The number of Topliss-reactive ketones (excluding diaryl/α,β-unsaturated/α-hetero) is 1. The molecule has 0 aromatic rings. The molecule has 0 unspecified atom stereocenters. The highest BCUT2D eigenvalue weighted by Crippen LogP contribution is 2.41. The van der Waals surface area contributed by atoms with Gasteiger partial charge in [-0.25, -0.2) is 0 Å². The minimum Gasteiger partial charge on any atom is -0.465 e. The van der Waals surface area contributed by atoms with E-state index in [2.05, 4.69) is 0 Å². The fourth-order valence-corrected chi connectivity index (χ4v) is 2.08. The van der Waals surface area contributed by atoms with Crippen LogP contribution >= 0.6 is 0 Å². The van der Waals surface area contributed by atoms with Crippen LogP contribution in [0.4, 0.5) is 0 Å². The van der Waals surface area contributed by atoms with Crippen molar-refractivity contribution in [1.82, 2.24) is 0 Å². The number of esters is 1. The number of allylic oxidation sites excluding steroid dienone is 2. The predicted molar refractivity (Wildman–Crippen MR) is 61.9 cm³/mol. The SMILES string of the molecule is CCOC(=O)C1(C(=O)C(C)(C)C)CC=CC1. The molecule has 0 heterocycles. The lowest BCUT2D eigenvalue weighted by molar-refractivity contribution is -0.162. The van der Waals surface area contributed by atoms with Crippen molar-refractivity contribution in [3.05, 3.63) is 12.2 Å². The average Bonchev–Trinajstić information content (AvgIpc) is 2.65. The number of carbonyl (C=O) groups excluding carboxylic acids is 2. The van der Waals surface area contributed by atoms with Gasteiger partial charge in [0.25, 0.3) is 0 Å². The van der Waals surface area contributed by atoms with Gasteiger partial charge >= 0.3 is 5.97 Å². The molecule has 1 aliphatic rings. The molecule has 1 aliphatic carbocycles. The van der Waals surface area contributed by atoms with E-state index < -0.39 is 10.8 Å². The first-order chi connectivity index (χ1) is 7.34. The lowest BCUT2D eigenvalue weighted by Crippen LogP contribution is -2.44. The van der Waals surface area contributed by atoms with Crippen LogP contribution in [0, 0.1) is 10.8 Å². The predicted octanol–water partition coefficient (Wildman–Crippen LogP) is 2.50. The summed E-state index contributed by atoms with van der Waals surface area (Å²) in [6, 6.07) is 0. The molecule has 0 saturated carbocycles. The summed E-state index contributed by atoms with van der Waals surface area (Å²) < 4.78 is 5.05. The number of carbonyl (C=O) groups is 2. The molecule has 0 fully saturated rings. The summed E-state index contributed by atoms with van der Waals surface area (Å²) >= 11 is 0. The third-order valence-corrected chi connectivity index (χ3v) is 2.88. The fourth-order valence-electron chi connectivity index (χ4n) is 2.08. The fraction of sp³-hybridized carbons (Fsp3) is 0.692. The Kier molecular flexibility index (Phi) is 3.56. The Bertz CT molecular complexity index is 313. The van der Waals surface area contributed by atoms with Gasteiger partial charge in [-0.2, -0.15) is 0 Å². The van der Waals surface area contributed by atoms with Crippen LogP contribution in [0.25, 0.3) is 0 Å². The molecule has 90 valence electrons. The summed E-state index contributed by atoms with van der Waals surface area (Å²) in [7, 11) is 0. The van der Waals surface area contributed by atoms with E-state index in [1.54, 1.807) is 6.92 Å². The van der Waals surface area contributed by atoms with Crippen molar-refractivity contribution in [2.45, 2.75) is 40.5 Å². The van der Waals surface area contributed by atoms with E-state index in [4.69, 9.17) is 4.74 Å². The van der Waals surface area contributed by atoms with Crippen molar-refractivity contribution < 1.29 is 14.3 Å². The van der Waals surface area contributed by atoms with Crippen molar-refractivity contribution in [3.8, 4) is 0 Å². The van der Waals surface area contributed by atoms with Crippen LogP contribution in [0.3, 0.4) is 0 Å². The summed E-state index contributed by atoms with van der Waals surface area (Å²) in [6.45, 7) is 7.60. The Morgan fingerprint density at radius 1 is 1.25 bits per heavy atom. The maximum absolute atomic E-state index is 12.4. The lowest BCUT2D eigenvalue weighted by atomic mass is 9.70. The highest BCUT2D eigenvalue weighted by Gasteiger charge is 2.50. The van der Waals surface area contributed by atoms with Gasteiger partial charge in [-0.3, -0.25) is 9.59 Å². The van der Waals surface area contributed by atoms with Crippen LogP contribution in [0.1, 0.15) is 40.5 Å². The van der Waals surface area contributed by atoms with Gasteiger partial charge in [-0.15, -0.1) is 0 Å². The van der Waals surface area contributed by atoms with Crippen LogP contribution in [0.2, 0.25) is 0 Å². The lowest BCUT2D eigenvalue weighted by Gasteiger charge is -2.31. The largest absolute Gasteiger partial charge is 0.465 e. The normalized spacial score (nSPS) is 18.5. The van der Waals surface area contributed by atoms with E-state index in [9.17, 15) is 9.59 Å². The van der Waals surface area contributed by atoms with E-state index in [1.165, 1.54) is 0 Å². The van der Waals surface area contributed by atoms with Crippen molar-refractivity contribution in [3.63, 3.8) is 0 Å². The van der Waals surface area contributed by atoms with Crippen LogP contribution in [0.15, 0.2) is 12.2 Å². The summed E-state index contributed by atoms with van der Waals surface area (Å²) in [5.74, 6) is -0.400. The average molecular weight is 224 g/mol. The van der Waals surface area contributed by atoms with E-state index in [-0.39, 0.29) is 11.8 Å². The molecule has 0 spiro atoms. The van der Waals surface area contributed by atoms with Crippen LogP contribution < -0.4 is 0 Å². The Balaban J connectivity index is 2.99. The molecule has 0 N–H and O–H groups in total. The third kappa shape index (κ3) is 2.18. The van der Waals surface area contributed by atoms with Gasteiger partial charge < -0.3 is 4.74 Å². The zero-order valence-electron chi connectivity index (χ0n) is 10.5. The third-order valence-electron chi connectivity index (χ3n) is 2.88. The zero-order valence-corrected chi connectivity index (χ0v) is 10.5. The van der Waals surface area contributed by atoms with Crippen molar-refractivity contribution in [1.29, 1.82) is 0 Å². The first-order valence-corrected chi connectivity index (χ1v) is 5.72. The van der Waals surface area contributed by atoms with Gasteiger partial charge in [0.05, 0.1) is 6.61 Å². The Hall–Kier alpha value is -1.12. The summed E-state index contributed by atoms with van der Waals surface area (Å²) in [5.41, 5.74) is -1.48. The summed E-state index contributed by atoms with van der Waals surface area (Å²) in [6.07, 6.45) is 4.73. The highest BCUT2D eigenvalue weighted by molar-refractivity contribution is 6.06. The highest BCUT2D eigenvalue weighted by atomic mass is 16.5. The molecule has 0 aliphatic heterocycles. The van der Waals surface area contributed by atoms with Gasteiger partial charge in [0, 0.05) is 5.41 Å². The summed E-state index contributed by atoms with van der Waals surface area (Å²) in [5, 5.41) is 0. The molecule has 1 rings (SSSR count). The van der Waals surface area contributed by atoms with Gasteiger partial charge in [0.1, 0.15) is 5.41 Å². The number of hydrogen-bond donors (Lipinski definition) is 0. The minimum absolute atomic E-state index is 0.0246. The molecule has 0 atom stereocenters. The maximum Gasteiger partial charge on any atom is 0.320 e. The van der Waals surface area contributed by atoms with Crippen LogP contribution in [-0.4, -0.2) is 18.4 Å². The van der Waals surface area contributed by atoms with Gasteiger partial charge in [0.2, 0.25) is 0 Å². The Morgan fingerprint density at radius 3 is 2.12 bits per heavy atom. The molecule has 0 radical (unpaired) electrons. The smallest absolute Gasteiger partial charge is 0.320 e. The number of ether oxygens (including phenoxy) is 1. The van der Waals surface area contributed by atoms with E-state index in [1.807, 2.05) is 32.9 Å². The van der Waals surface area contributed by atoms with E-state index in [0.717, 1.165) is 0 Å². The van der Waals surface area contributed by atoms with E-state index >= 15 is 0 Å². The minimum atomic E-state index is -0.964. The van der Waals surface area contributed by atoms with E-state index in [0.29, 0.717) is 19.4 Å². The Labute approximate surface area is 96.9 Å². The second kappa shape index (κ2) is 4.40. The zero-order chi connectivity index (χ0) is 12.4. The molecule has 3 nitrogen and oxygen atoms in total. The first-order valence-electron chi connectivity index (χ1n) is 5.72. The molecule has 0 saturated heterocycles. The molecular weight excluding hydrogens is 204 g/mol. The molecule has 16 heavy (non-hydrogen) atoms. The van der Waals surface area contributed by atoms with Crippen LogP contribution in [-0.2, 0) is 14.3 Å². The maximum atomic E-state index is 12.4. The summed E-state index contributed by atoms with van der Waals surface area (Å²) in [4.78, 5) is 24.3. The second-order valence-electron chi connectivity index (χ2n) is 5.26. The monoisotopic (exact) mass is 224 g/mol. The molecular formula is C13H20O3. The number of hydrogen-bond acceptors (Lipinski definition) is 3. The quantitative estimate of drug-likeness (QED) is 0.420. The van der Waals surface area contributed by atoms with Crippen molar-refractivity contribution >= 4 is 11.8 Å². The molecule has 0 amide bonds.